The first-order valence-corrected chi connectivity index (χ1v) is 8.89. The zero-order valence-corrected chi connectivity index (χ0v) is 15.2. The molecule has 6 nitrogen and oxygen atoms in total. The molecule has 1 aliphatic rings. The Kier molecular flexibility index (Phi) is 4.54. The SMILES string of the molecule is CCOC(=O)c1cnc2c(C)cccc2c1Nc1ccc2c(c1)OCCO2. The first-order valence-electron chi connectivity index (χ1n) is 8.89. The average molecular weight is 364 g/mol. The maximum absolute atomic E-state index is 12.5. The van der Waals surface area contributed by atoms with E-state index in [1.54, 1.807) is 13.1 Å². The van der Waals surface area contributed by atoms with E-state index in [-0.39, 0.29) is 0 Å². The highest BCUT2D eigenvalue weighted by atomic mass is 16.6. The minimum atomic E-state index is -0.409. The standard InChI is InChI=1S/C21H20N2O4/c1-3-25-21(24)16-12-22-19-13(2)5-4-6-15(19)20(16)23-14-7-8-17-18(11-14)27-10-9-26-17/h4-8,11-12H,3,9-10H2,1-2H3,(H,22,23). The minimum Gasteiger partial charge on any atom is -0.486 e. The Hall–Kier alpha value is -3.28. The molecule has 27 heavy (non-hydrogen) atoms. The topological polar surface area (TPSA) is 69.7 Å². The third kappa shape index (κ3) is 3.26. The number of pyridine rings is 1. The van der Waals surface area contributed by atoms with Crippen molar-refractivity contribution in [2.24, 2.45) is 0 Å². The van der Waals surface area contributed by atoms with Gasteiger partial charge in [-0.2, -0.15) is 0 Å². The highest BCUT2D eigenvalue weighted by Gasteiger charge is 2.19. The second-order valence-electron chi connectivity index (χ2n) is 6.22. The number of anilines is 2. The molecule has 6 heteroatoms. The molecule has 0 aliphatic carbocycles. The molecule has 0 spiro atoms. The molecule has 0 fully saturated rings. The van der Waals surface area contributed by atoms with Gasteiger partial charge in [0.2, 0.25) is 0 Å². The van der Waals surface area contributed by atoms with E-state index in [2.05, 4.69) is 10.3 Å². The van der Waals surface area contributed by atoms with Gasteiger partial charge in [-0.1, -0.05) is 18.2 Å². The Labute approximate surface area is 157 Å². The molecule has 3 aromatic rings. The smallest absolute Gasteiger partial charge is 0.341 e. The Morgan fingerprint density at radius 3 is 2.81 bits per heavy atom. The van der Waals surface area contributed by atoms with E-state index in [0.717, 1.165) is 22.2 Å². The van der Waals surface area contributed by atoms with Gasteiger partial charge in [-0.15, -0.1) is 0 Å². The molecule has 0 radical (unpaired) electrons. The van der Waals surface area contributed by atoms with Crippen molar-refractivity contribution < 1.29 is 19.0 Å². The minimum absolute atomic E-state index is 0.300. The van der Waals surface area contributed by atoms with Crippen LogP contribution >= 0.6 is 0 Å². The van der Waals surface area contributed by atoms with Crippen LogP contribution in [0.4, 0.5) is 11.4 Å². The van der Waals surface area contributed by atoms with Gasteiger partial charge in [0.15, 0.2) is 11.5 Å². The lowest BCUT2D eigenvalue weighted by molar-refractivity contribution is 0.0527. The fourth-order valence-electron chi connectivity index (χ4n) is 3.13. The lowest BCUT2D eigenvalue weighted by atomic mass is 10.1. The number of hydrogen-bond acceptors (Lipinski definition) is 6. The summed E-state index contributed by atoms with van der Waals surface area (Å²) in [6, 6.07) is 11.5. The second-order valence-corrected chi connectivity index (χ2v) is 6.22. The van der Waals surface area contributed by atoms with E-state index >= 15 is 0 Å². The first-order chi connectivity index (χ1) is 13.2. The number of hydrogen-bond donors (Lipinski definition) is 1. The molecule has 0 atom stereocenters. The van der Waals surface area contributed by atoms with Crippen LogP contribution in [-0.4, -0.2) is 30.8 Å². The zero-order valence-electron chi connectivity index (χ0n) is 15.2. The second kappa shape index (κ2) is 7.15. The summed E-state index contributed by atoms with van der Waals surface area (Å²) in [4.78, 5) is 16.9. The van der Waals surface area contributed by atoms with Crippen molar-refractivity contribution in [1.82, 2.24) is 4.98 Å². The van der Waals surface area contributed by atoms with Crippen molar-refractivity contribution in [3.05, 3.63) is 53.7 Å². The molecule has 1 aliphatic heterocycles. The Balaban J connectivity index is 1.82. The number of esters is 1. The molecular weight excluding hydrogens is 344 g/mol. The van der Waals surface area contributed by atoms with E-state index in [1.807, 2.05) is 43.3 Å². The van der Waals surface area contributed by atoms with Gasteiger partial charge in [0.05, 0.1) is 17.8 Å². The van der Waals surface area contributed by atoms with Crippen molar-refractivity contribution in [3.8, 4) is 11.5 Å². The third-order valence-electron chi connectivity index (χ3n) is 4.41. The molecular formula is C21H20N2O4. The number of nitrogens with one attached hydrogen (secondary N) is 1. The Morgan fingerprint density at radius 2 is 2.00 bits per heavy atom. The number of nitrogens with zero attached hydrogens (tertiary/aromatic N) is 1. The van der Waals surface area contributed by atoms with Gasteiger partial charge >= 0.3 is 5.97 Å². The van der Waals surface area contributed by atoms with Gasteiger partial charge < -0.3 is 19.5 Å². The highest BCUT2D eigenvalue weighted by molar-refractivity contribution is 6.06. The van der Waals surface area contributed by atoms with Gasteiger partial charge in [0.1, 0.15) is 18.8 Å². The molecule has 138 valence electrons. The quantitative estimate of drug-likeness (QED) is 0.699. The van der Waals surface area contributed by atoms with Crippen LogP contribution in [0.2, 0.25) is 0 Å². The maximum Gasteiger partial charge on any atom is 0.341 e. The number of carbonyl (C=O) groups is 1. The van der Waals surface area contributed by atoms with E-state index in [4.69, 9.17) is 14.2 Å². The van der Waals surface area contributed by atoms with E-state index < -0.39 is 5.97 Å². The first kappa shape index (κ1) is 17.1. The lowest BCUT2D eigenvalue weighted by Gasteiger charge is -2.20. The van der Waals surface area contributed by atoms with E-state index in [0.29, 0.717) is 42.6 Å². The van der Waals surface area contributed by atoms with Crippen molar-refractivity contribution >= 4 is 28.2 Å². The van der Waals surface area contributed by atoms with Gasteiger partial charge in [-0.25, -0.2) is 4.79 Å². The number of rotatable bonds is 4. The Morgan fingerprint density at radius 1 is 1.19 bits per heavy atom. The number of aromatic nitrogens is 1. The summed E-state index contributed by atoms with van der Waals surface area (Å²) in [5.41, 5.74) is 3.72. The van der Waals surface area contributed by atoms with Gasteiger partial charge in [0, 0.05) is 23.3 Å². The number of benzene rings is 2. The summed E-state index contributed by atoms with van der Waals surface area (Å²) >= 11 is 0. The summed E-state index contributed by atoms with van der Waals surface area (Å²) in [6.45, 7) is 5.13. The van der Waals surface area contributed by atoms with Crippen molar-refractivity contribution in [1.29, 1.82) is 0 Å². The normalized spacial score (nSPS) is 12.7. The van der Waals surface area contributed by atoms with Crippen LogP contribution in [0.15, 0.2) is 42.6 Å². The fraction of sp³-hybridized carbons (Fsp3) is 0.238. The zero-order chi connectivity index (χ0) is 18.8. The van der Waals surface area contributed by atoms with Crippen LogP contribution in [-0.2, 0) is 4.74 Å². The summed E-state index contributed by atoms with van der Waals surface area (Å²) < 4.78 is 16.4. The van der Waals surface area contributed by atoms with Crippen LogP contribution in [0.1, 0.15) is 22.8 Å². The number of ether oxygens (including phenoxy) is 3. The average Bonchev–Trinajstić information content (AvgIpc) is 2.69. The van der Waals surface area contributed by atoms with E-state index in [1.165, 1.54) is 0 Å². The largest absolute Gasteiger partial charge is 0.486 e. The highest BCUT2D eigenvalue weighted by Crippen LogP contribution is 2.36. The summed E-state index contributed by atoms with van der Waals surface area (Å²) in [5, 5.41) is 4.21. The number of fused-ring (bicyclic) bond motifs is 2. The van der Waals surface area contributed by atoms with Crippen molar-refractivity contribution in [3.63, 3.8) is 0 Å². The molecule has 4 rings (SSSR count). The van der Waals surface area contributed by atoms with Gasteiger partial charge in [0.25, 0.3) is 0 Å². The Bertz CT molecular complexity index is 1020. The molecule has 0 saturated heterocycles. The van der Waals surface area contributed by atoms with Crippen LogP contribution in [0.3, 0.4) is 0 Å². The molecule has 2 heterocycles. The van der Waals surface area contributed by atoms with Crippen molar-refractivity contribution in [2.75, 3.05) is 25.1 Å². The number of aryl methyl sites for hydroxylation is 1. The lowest BCUT2D eigenvalue weighted by Crippen LogP contribution is -2.15. The number of carbonyl (C=O) groups excluding carboxylic acids is 1. The number of para-hydroxylation sites is 1. The van der Waals surface area contributed by atoms with E-state index in [9.17, 15) is 4.79 Å². The van der Waals surface area contributed by atoms with Crippen molar-refractivity contribution in [2.45, 2.75) is 13.8 Å². The molecule has 1 aromatic heterocycles. The maximum atomic E-state index is 12.5. The summed E-state index contributed by atoms with van der Waals surface area (Å²) in [5.74, 6) is 0.986. The van der Waals surface area contributed by atoms with Gasteiger partial charge in [-0.3, -0.25) is 4.98 Å². The fourth-order valence-corrected chi connectivity index (χ4v) is 3.13. The molecule has 0 unspecified atom stereocenters. The molecule has 0 amide bonds. The van der Waals surface area contributed by atoms with Crippen LogP contribution in [0, 0.1) is 6.92 Å². The third-order valence-corrected chi connectivity index (χ3v) is 4.41. The predicted molar refractivity (Wildman–Crippen MR) is 103 cm³/mol. The van der Waals surface area contributed by atoms with Crippen LogP contribution < -0.4 is 14.8 Å². The van der Waals surface area contributed by atoms with Gasteiger partial charge in [-0.05, 0) is 31.5 Å². The molecule has 1 N–H and O–H groups in total. The summed E-state index contributed by atoms with van der Waals surface area (Å²) in [7, 11) is 0. The monoisotopic (exact) mass is 364 g/mol. The molecule has 2 aromatic carbocycles. The van der Waals surface area contributed by atoms with Crippen LogP contribution in [0.5, 0.6) is 11.5 Å². The van der Waals surface area contributed by atoms with Crippen LogP contribution in [0.25, 0.3) is 10.9 Å². The molecule has 0 saturated carbocycles. The predicted octanol–water partition coefficient (Wildman–Crippen LogP) is 4.23. The summed E-state index contributed by atoms with van der Waals surface area (Å²) in [6.07, 6.45) is 1.56. The molecule has 0 bridgehead atoms.